The number of carbonyl (C=O) groups excluding carboxylic acids is 2. The molecule has 5 rings (SSSR count). The fourth-order valence-corrected chi connectivity index (χ4v) is 11.2. The Morgan fingerprint density at radius 1 is 1.11 bits per heavy atom. The van der Waals surface area contributed by atoms with Gasteiger partial charge in [0.25, 0.3) is 0 Å². The second-order valence-corrected chi connectivity index (χ2v) is 15.7. The molecule has 3 N–H and O–H groups in total. The lowest BCUT2D eigenvalue weighted by atomic mass is 9.43. The third-order valence-corrected chi connectivity index (χ3v) is 13.3. The molecule has 1 aromatic rings. The first kappa shape index (κ1) is 27.8. The molecule has 0 aliphatic heterocycles. The Hall–Kier alpha value is -0.760. The van der Waals surface area contributed by atoms with Crippen molar-refractivity contribution in [3.63, 3.8) is 0 Å². The van der Waals surface area contributed by atoms with E-state index in [1.165, 1.54) is 4.88 Å². The first-order chi connectivity index (χ1) is 17.5. The highest BCUT2D eigenvalue weighted by atomic mass is 79.9. The number of rotatable bonds is 6. The summed E-state index contributed by atoms with van der Waals surface area (Å²) in [6, 6.07) is 4.18. The van der Waals surface area contributed by atoms with Crippen LogP contribution in [0.1, 0.15) is 96.4 Å². The predicted molar refractivity (Wildman–Crippen MR) is 150 cm³/mol. The number of ketones is 1. The number of hydrogen-bond acceptors (Lipinski definition) is 5. The van der Waals surface area contributed by atoms with Crippen molar-refractivity contribution < 1.29 is 19.8 Å². The molecule has 37 heavy (non-hydrogen) atoms. The summed E-state index contributed by atoms with van der Waals surface area (Å²) in [7, 11) is 0. The lowest BCUT2D eigenvalue weighted by Gasteiger charge is -2.63. The van der Waals surface area contributed by atoms with Gasteiger partial charge in [0, 0.05) is 24.1 Å². The Bertz CT molecular complexity index is 1030. The third kappa shape index (κ3) is 4.68. The Kier molecular flexibility index (Phi) is 7.76. The van der Waals surface area contributed by atoms with Crippen LogP contribution in [0.5, 0.6) is 0 Å². The van der Waals surface area contributed by atoms with Gasteiger partial charge >= 0.3 is 0 Å². The molecular formula is C30H44BrNO4S. The van der Waals surface area contributed by atoms with E-state index in [2.05, 4.69) is 55.0 Å². The van der Waals surface area contributed by atoms with E-state index in [1.54, 1.807) is 11.3 Å². The third-order valence-electron chi connectivity index (χ3n) is 11.5. The van der Waals surface area contributed by atoms with Crippen molar-refractivity contribution >= 4 is 39.0 Å². The van der Waals surface area contributed by atoms with Crippen LogP contribution >= 0.6 is 27.3 Å². The Morgan fingerprint density at radius 3 is 2.51 bits per heavy atom. The topological polar surface area (TPSA) is 86.6 Å². The Morgan fingerprint density at radius 2 is 1.84 bits per heavy atom. The highest BCUT2D eigenvalue weighted by Gasteiger charge is 2.65. The van der Waals surface area contributed by atoms with Crippen molar-refractivity contribution in [2.24, 2.45) is 46.3 Å². The monoisotopic (exact) mass is 593 g/mol. The standard InChI is InChI=1S/C30H44BrNO4S/c1-5-22(23-8-9-24(31)37-23)32-25(34)14-16(2)18-6-7-19-26-20(11-13-29(18,19)3)30(4)12-10-17(33)15-21(30)27(35)28(26)36/h8-9,16,18-22,26-28,35-36H,5-7,10-15H2,1-4H3,(H,32,34)/t16-,18-,19+,20+,21+,22-,26+,27-,28+,29-,30-/m1/s1. The molecule has 0 unspecified atom stereocenters. The summed E-state index contributed by atoms with van der Waals surface area (Å²) < 4.78 is 1.08. The number of thiophene rings is 1. The highest BCUT2D eigenvalue weighted by molar-refractivity contribution is 9.11. The van der Waals surface area contributed by atoms with Gasteiger partial charge in [0.2, 0.25) is 5.91 Å². The molecule has 0 saturated heterocycles. The van der Waals surface area contributed by atoms with Crippen LogP contribution in [-0.2, 0) is 9.59 Å². The van der Waals surface area contributed by atoms with E-state index in [-0.39, 0.29) is 46.3 Å². The van der Waals surface area contributed by atoms with Crippen molar-refractivity contribution in [3.05, 3.63) is 20.8 Å². The number of Topliss-reactive ketones (excluding diaryl/α,β-unsaturated/α-hetero) is 1. The average molecular weight is 595 g/mol. The molecule has 206 valence electrons. The summed E-state index contributed by atoms with van der Waals surface area (Å²) >= 11 is 5.21. The zero-order valence-electron chi connectivity index (χ0n) is 22.7. The largest absolute Gasteiger partial charge is 0.390 e. The van der Waals surface area contributed by atoms with Crippen LogP contribution in [0.25, 0.3) is 0 Å². The van der Waals surface area contributed by atoms with E-state index >= 15 is 0 Å². The van der Waals surface area contributed by atoms with E-state index in [4.69, 9.17) is 0 Å². The molecule has 4 fully saturated rings. The zero-order chi connectivity index (χ0) is 26.7. The number of hydrogen-bond donors (Lipinski definition) is 3. The van der Waals surface area contributed by atoms with E-state index in [1.807, 2.05) is 6.07 Å². The van der Waals surface area contributed by atoms with Gasteiger partial charge in [0.15, 0.2) is 0 Å². The summed E-state index contributed by atoms with van der Waals surface area (Å²) in [5, 5.41) is 26.0. The molecule has 1 amide bonds. The minimum absolute atomic E-state index is 0.0493. The Labute approximate surface area is 234 Å². The van der Waals surface area contributed by atoms with E-state index in [0.29, 0.717) is 37.0 Å². The van der Waals surface area contributed by atoms with Crippen molar-refractivity contribution in [1.29, 1.82) is 0 Å². The van der Waals surface area contributed by atoms with Gasteiger partial charge in [-0.1, -0.05) is 27.7 Å². The molecule has 4 saturated carbocycles. The number of nitrogens with one attached hydrogen (secondary N) is 1. The predicted octanol–water partition coefficient (Wildman–Crippen LogP) is 6.27. The van der Waals surface area contributed by atoms with Crippen LogP contribution < -0.4 is 5.32 Å². The first-order valence-electron chi connectivity index (χ1n) is 14.4. The molecule has 5 nitrogen and oxygen atoms in total. The summed E-state index contributed by atoms with van der Waals surface area (Å²) in [6.07, 6.45) is 5.96. The van der Waals surface area contributed by atoms with Gasteiger partial charge < -0.3 is 15.5 Å². The fourth-order valence-electron chi connectivity index (χ4n) is 9.61. The first-order valence-corrected chi connectivity index (χ1v) is 16.0. The minimum Gasteiger partial charge on any atom is -0.390 e. The molecular weight excluding hydrogens is 550 g/mol. The molecule has 1 aromatic heterocycles. The zero-order valence-corrected chi connectivity index (χ0v) is 25.1. The summed E-state index contributed by atoms with van der Waals surface area (Å²) in [4.78, 5) is 26.6. The van der Waals surface area contributed by atoms with Crippen LogP contribution in [0.3, 0.4) is 0 Å². The second kappa shape index (κ2) is 10.3. The van der Waals surface area contributed by atoms with Crippen molar-refractivity contribution in [1.82, 2.24) is 5.32 Å². The highest BCUT2D eigenvalue weighted by Crippen LogP contribution is 2.68. The van der Waals surface area contributed by atoms with Gasteiger partial charge in [-0.3, -0.25) is 9.59 Å². The quantitative estimate of drug-likeness (QED) is 0.362. The molecule has 0 spiro atoms. The summed E-state index contributed by atoms with van der Waals surface area (Å²) in [5.41, 5.74) is -0.00782. The van der Waals surface area contributed by atoms with Crippen LogP contribution in [-0.4, -0.2) is 34.1 Å². The van der Waals surface area contributed by atoms with Crippen LogP contribution in [0, 0.1) is 46.3 Å². The lowest BCUT2D eigenvalue weighted by Crippen LogP contribution is -2.64. The van der Waals surface area contributed by atoms with E-state index < -0.39 is 12.2 Å². The number of halogens is 1. The minimum atomic E-state index is -0.816. The van der Waals surface area contributed by atoms with Crippen molar-refractivity contribution in [3.8, 4) is 0 Å². The second-order valence-electron chi connectivity index (χ2n) is 13.2. The van der Waals surface area contributed by atoms with Gasteiger partial charge in [-0.05, 0) is 113 Å². The van der Waals surface area contributed by atoms with Gasteiger partial charge in [0.1, 0.15) is 5.78 Å². The fraction of sp³-hybridized carbons (Fsp3) is 0.800. The summed E-state index contributed by atoms with van der Waals surface area (Å²) in [6.45, 7) is 9.04. The normalized spacial score (nSPS) is 42.9. The summed E-state index contributed by atoms with van der Waals surface area (Å²) in [5.74, 6) is 1.73. The van der Waals surface area contributed by atoms with Gasteiger partial charge in [0.05, 0.1) is 22.0 Å². The molecule has 4 aliphatic carbocycles. The van der Waals surface area contributed by atoms with Crippen LogP contribution in [0.4, 0.5) is 0 Å². The average Bonchev–Trinajstić information content (AvgIpc) is 3.44. The van der Waals surface area contributed by atoms with Crippen LogP contribution in [0.2, 0.25) is 0 Å². The number of aliphatic hydroxyl groups excluding tert-OH is 2. The van der Waals surface area contributed by atoms with Gasteiger partial charge in [-0.2, -0.15) is 0 Å². The Balaban J connectivity index is 1.29. The number of fused-ring (bicyclic) bond motifs is 5. The van der Waals surface area contributed by atoms with Gasteiger partial charge in [-0.15, -0.1) is 11.3 Å². The molecule has 1 heterocycles. The van der Waals surface area contributed by atoms with Crippen molar-refractivity contribution in [2.75, 3.05) is 0 Å². The van der Waals surface area contributed by atoms with E-state index in [9.17, 15) is 19.8 Å². The molecule has 0 radical (unpaired) electrons. The smallest absolute Gasteiger partial charge is 0.220 e. The van der Waals surface area contributed by atoms with Gasteiger partial charge in [-0.25, -0.2) is 0 Å². The molecule has 0 bridgehead atoms. The molecule has 4 aliphatic rings. The molecule has 11 atom stereocenters. The number of aliphatic hydroxyl groups is 2. The SMILES string of the molecule is CC[C@@H](NC(=O)C[C@@H](C)[C@H]1CC[C@H]2[C@@H]3[C@H](O)[C@H](O)[C@@H]4CC(=O)CC[C@]4(C)[C@H]3CC[C@]12C)c1ccc(Br)s1. The maximum atomic E-state index is 13.2. The maximum absolute atomic E-state index is 13.2. The lowest BCUT2D eigenvalue weighted by molar-refractivity contribution is -0.214. The number of carbonyl (C=O) groups is 2. The molecule has 7 heteroatoms. The van der Waals surface area contributed by atoms with E-state index in [0.717, 1.165) is 42.3 Å². The maximum Gasteiger partial charge on any atom is 0.220 e. The number of amides is 1. The van der Waals surface area contributed by atoms with Crippen molar-refractivity contribution in [2.45, 2.75) is 104 Å². The molecule has 0 aromatic carbocycles. The van der Waals surface area contributed by atoms with Crippen LogP contribution in [0.15, 0.2) is 15.9 Å².